The van der Waals surface area contributed by atoms with Gasteiger partial charge in [-0.25, -0.2) is 15.8 Å². The predicted octanol–water partition coefficient (Wildman–Crippen LogP) is 3.98. The SMILES string of the molecule is CCCc1nc(NN)cc(Nc2ccc(Br)cc2Br)n1. The van der Waals surface area contributed by atoms with E-state index in [1.165, 1.54) is 0 Å². The van der Waals surface area contributed by atoms with Gasteiger partial charge in [0.2, 0.25) is 0 Å². The maximum atomic E-state index is 5.44. The minimum Gasteiger partial charge on any atom is -0.339 e. The number of anilines is 3. The number of aromatic nitrogens is 2. The number of nitrogen functional groups attached to an aromatic ring is 1. The molecule has 0 spiro atoms. The highest BCUT2D eigenvalue weighted by atomic mass is 79.9. The topological polar surface area (TPSA) is 75.9 Å². The molecule has 0 radical (unpaired) electrons. The zero-order valence-corrected chi connectivity index (χ0v) is 14.1. The minimum atomic E-state index is 0.596. The molecule has 1 aromatic carbocycles. The molecule has 0 atom stereocenters. The van der Waals surface area contributed by atoms with Gasteiger partial charge < -0.3 is 10.7 Å². The number of nitrogens with zero attached hydrogens (tertiary/aromatic N) is 2. The van der Waals surface area contributed by atoms with E-state index in [0.29, 0.717) is 11.6 Å². The molecular weight excluding hydrogens is 386 g/mol. The molecule has 0 aliphatic rings. The van der Waals surface area contributed by atoms with Gasteiger partial charge in [-0.1, -0.05) is 22.9 Å². The van der Waals surface area contributed by atoms with Crippen LogP contribution in [0.5, 0.6) is 0 Å². The van der Waals surface area contributed by atoms with E-state index in [2.05, 4.69) is 59.5 Å². The van der Waals surface area contributed by atoms with Gasteiger partial charge in [-0.05, 0) is 40.5 Å². The number of rotatable bonds is 5. The lowest BCUT2D eigenvalue weighted by molar-refractivity contribution is 0.837. The van der Waals surface area contributed by atoms with Crippen LogP contribution in [0.25, 0.3) is 0 Å². The van der Waals surface area contributed by atoms with E-state index in [1.807, 2.05) is 18.2 Å². The Hall–Kier alpha value is -1.18. The summed E-state index contributed by atoms with van der Waals surface area (Å²) in [5, 5.41) is 3.26. The molecule has 0 amide bonds. The molecule has 0 aliphatic heterocycles. The summed E-state index contributed by atoms with van der Waals surface area (Å²) in [4.78, 5) is 8.79. The van der Waals surface area contributed by atoms with Gasteiger partial charge in [0.1, 0.15) is 17.5 Å². The molecule has 4 N–H and O–H groups in total. The second-order valence-corrected chi connectivity index (χ2v) is 5.97. The summed E-state index contributed by atoms with van der Waals surface area (Å²) >= 11 is 6.94. The van der Waals surface area contributed by atoms with E-state index in [0.717, 1.165) is 33.3 Å². The molecule has 0 unspecified atom stereocenters. The van der Waals surface area contributed by atoms with Crippen molar-refractivity contribution in [1.29, 1.82) is 0 Å². The summed E-state index contributed by atoms with van der Waals surface area (Å²) < 4.78 is 1.96. The Morgan fingerprint density at radius 2 is 1.90 bits per heavy atom. The monoisotopic (exact) mass is 399 g/mol. The first kappa shape index (κ1) is 15.2. The average Bonchev–Trinajstić information content (AvgIpc) is 2.42. The van der Waals surface area contributed by atoms with Crippen LogP contribution >= 0.6 is 31.9 Å². The Kier molecular flexibility index (Phi) is 5.33. The van der Waals surface area contributed by atoms with E-state index in [1.54, 1.807) is 6.07 Å². The molecule has 2 aromatic rings. The number of halogens is 2. The molecule has 20 heavy (non-hydrogen) atoms. The number of nitrogens with one attached hydrogen (secondary N) is 2. The van der Waals surface area contributed by atoms with Crippen LogP contribution in [-0.2, 0) is 6.42 Å². The van der Waals surface area contributed by atoms with E-state index >= 15 is 0 Å². The average molecular weight is 401 g/mol. The third kappa shape index (κ3) is 3.91. The van der Waals surface area contributed by atoms with Gasteiger partial charge in [-0.15, -0.1) is 0 Å². The van der Waals surface area contributed by atoms with Crippen molar-refractivity contribution >= 4 is 49.2 Å². The molecule has 106 valence electrons. The highest BCUT2D eigenvalue weighted by Gasteiger charge is 2.06. The van der Waals surface area contributed by atoms with Crippen molar-refractivity contribution in [2.45, 2.75) is 19.8 Å². The normalized spacial score (nSPS) is 10.4. The first-order valence-electron chi connectivity index (χ1n) is 6.19. The van der Waals surface area contributed by atoms with Gasteiger partial charge in [0.25, 0.3) is 0 Å². The van der Waals surface area contributed by atoms with Crippen LogP contribution in [-0.4, -0.2) is 9.97 Å². The molecule has 1 aromatic heterocycles. The van der Waals surface area contributed by atoms with Crippen LogP contribution in [0.2, 0.25) is 0 Å². The third-order valence-electron chi connectivity index (χ3n) is 2.59. The second-order valence-electron chi connectivity index (χ2n) is 4.20. The standard InChI is InChI=1S/C13H15Br2N5/c1-2-3-11-18-12(7-13(19-11)20-16)17-10-5-4-8(14)6-9(10)15/h4-7H,2-3,16H2,1H3,(H2,17,18,19,20). The van der Waals surface area contributed by atoms with Gasteiger partial charge in [-0.2, -0.15) is 0 Å². The number of nitrogens with two attached hydrogens (primary N) is 1. The van der Waals surface area contributed by atoms with Gasteiger partial charge >= 0.3 is 0 Å². The lowest BCUT2D eigenvalue weighted by Gasteiger charge is -2.11. The van der Waals surface area contributed by atoms with Crippen molar-refractivity contribution in [3.8, 4) is 0 Å². The van der Waals surface area contributed by atoms with Crippen LogP contribution in [0, 0.1) is 0 Å². The molecule has 7 heteroatoms. The zero-order chi connectivity index (χ0) is 14.5. The summed E-state index contributed by atoms with van der Waals surface area (Å²) in [6.07, 6.45) is 1.79. The largest absolute Gasteiger partial charge is 0.339 e. The van der Waals surface area contributed by atoms with Crippen LogP contribution in [0.1, 0.15) is 19.2 Å². The Labute approximate surface area is 134 Å². The van der Waals surface area contributed by atoms with E-state index in [9.17, 15) is 0 Å². The molecule has 0 saturated heterocycles. The number of aryl methyl sites for hydroxylation is 1. The summed E-state index contributed by atoms with van der Waals surface area (Å²) in [6, 6.07) is 7.67. The maximum Gasteiger partial charge on any atom is 0.145 e. The minimum absolute atomic E-state index is 0.596. The number of hydrogen-bond acceptors (Lipinski definition) is 5. The Morgan fingerprint density at radius 1 is 1.15 bits per heavy atom. The van der Waals surface area contributed by atoms with Crippen LogP contribution in [0.4, 0.5) is 17.3 Å². The van der Waals surface area contributed by atoms with Gasteiger partial charge in [0, 0.05) is 21.4 Å². The molecule has 0 saturated carbocycles. The molecule has 0 fully saturated rings. The smallest absolute Gasteiger partial charge is 0.145 e. The highest BCUT2D eigenvalue weighted by molar-refractivity contribution is 9.11. The summed E-state index contributed by atoms with van der Waals surface area (Å²) in [5.74, 6) is 7.51. The van der Waals surface area contributed by atoms with Crippen LogP contribution in [0.3, 0.4) is 0 Å². The Balaban J connectivity index is 2.29. The fraction of sp³-hybridized carbons (Fsp3) is 0.231. The van der Waals surface area contributed by atoms with Gasteiger partial charge in [-0.3, -0.25) is 0 Å². The fourth-order valence-corrected chi connectivity index (χ4v) is 2.85. The molecule has 2 rings (SSSR count). The molecule has 0 aliphatic carbocycles. The first-order valence-corrected chi connectivity index (χ1v) is 7.77. The first-order chi connectivity index (χ1) is 9.62. The molecular formula is C13H15Br2N5. The zero-order valence-electron chi connectivity index (χ0n) is 11.0. The molecule has 5 nitrogen and oxygen atoms in total. The lowest BCUT2D eigenvalue weighted by atomic mass is 10.3. The maximum absolute atomic E-state index is 5.44. The van der Waals surface area contributed by atoms with Gasteiger partial charge in [0.15, 0.2) is 0 Å². The molecule has 0 bridgehead atoms. The quantitative estimate of drug-likeness (QED) is 0.522. The van der Waals surface area contributed by atoms with Crippen molar-refractivity contribution in [3.05, 3.63) is 39.0 Å². The van der Waals surface area contributed by atoms with Crippen LogP contribution < -0.4 is 16.6 Å². The Bertz CT molecular complexity index is 603. The van der Waals surface area contributed by atoms with Crippen molar-refractivity contribution in [2.24, 2.45) is 5.84 Å². The molecule has 1 heterocycles. The number of hydrogen-bond donors (Lipinski definition) is 3. The van der Waals surface area contributed by atoms with Crippen molar-refractivity contribution < 1.29 is 0 Å². The highest BCUT2D eigenvalue weighted by Crippen LogP contribution is 2.28. The lowest BCUT2D eigenvalue weighted by Crippen LogP contribution is -2.11. The predicted molar refractivity (Wildman–Crippen MR) is 89.0 cm³/mol. The Morgan fingerprint density at radius 3 is 2.55 bits per heavy atom. The van der Waals surface area contributed by atoms with Crippen molar-refractivity contribution in [2.75, 3.05) is 10.7 Å². The summed E-state index contributed by atoms with van der Waals surface area (Å²) in [5.41, 5.74) is 3.49. The van der Waals surface area contributed by atoms with E-state index in [-0.39, 0.29) is 0 Å². The fourth-order valence-electron chi connectivity index (χ4n) is 1.70. The summed E-state index contributed by atoms with van der Waals surface area (Å²) in [6.45, 7) is 2.09. The third-order valence-corrected chi connectivity index (χ3v) is 3.74. The van der Waals surface area contributed by atoms with Crippen molar-refractivity contribution in [3.63, 3.8) is 0 Å². The number of hydrazine groups is 1. The van der Waals surface area contributed by atoms with Crippen molar-refractivity contribution in [1.82, 2.24) is 9.97 Å². The van der Waals surface area contributed by atoms with Crippen LogP contribution in [0.15, 0.2) is 33.2 Å². The summed E-state index contributed by atoms with van der Waals surface area (Å²) in [7, 11) is 0. The van der Waals surface area contributed by atoms with E-state index in [4.69, 9.17) is 5.84 Å². The number of benzene rings is 1. The van der Waals surface area contributed by atoms with Gasteiger partial charge in [0.05, 0.1) is 5.69 Å². The van der Waals surface area contributed by atoms with E-state index < -0.39 is 0 Å². The second kappa shape index (κ2) is 7.01.